The molecule has 0 aliphatic rings. The molecule has 0 aliphatic heterocycles. The Kier molecular flexibility index (Phi) is 3.86. The molecule has 0 spiro atoms. The topological polar surface area (TPSA) is 42.2 Å². The van der Waals surface area contributed by atoms with Crippen LogP contribution in [0.2, 0.25) is 0 Å². The SMILES string of the molecule is O=C(Nc1cccc(CCl)c1)c1ccc(Br)o1. The van der Waals surface area contributed by atoms with E-state index < -0.39 is 0 Å². The lowest BCUT2D eigenvalue weighted by atomic mass is 10.2. The molecular formula is C12H9BrClNO2. The zero-order valence-corrected chi connectivity index (χ0v) is 11.1. The Hall–Kier alpha value is -1.26. The Bertz CT molecular complexity index is 539. The van der Waals surface area contributed by atoms with Crippen molar-refractivity contribution >= 4 is 39.1 Å². The van der Waals surface area contributed by atoms with Gasteiger partial charge in [0.05, 0.1) is 0 Å². The fourth-order valence-corrected chi connectivity index (χ4v) is 1.83. The molecule has 0 saturated carbocycles. The van der Waals surface area contributed by atoms with Crippen molar-refractivity contribution in [2.45, 2.75) is 5.88 Å². The standard InChI is InChI=1S/C12H9BrClNO2/c13-11-5-4-10(17-11)12(16)15-9-3-1-2-8(6-9)7-14/h1-6H,7H2,(H,15,16). The molecular weight excluding hydrogens is 305 g/mol. The summed E-state index contributed by atoms with van der Waals surface area (Å²) in [5, 5.41) is 2.73. The van der Waals surface area contributed by atoms with Crippen molar-refractivity contribution in [3.05, 3.63) is 52.4 Å². The van der Waals surface area contributed by atoms with Crippen molar-refractivity contribution in [3.63, 3.8) is 0 Å². The van der Waals surface area contributed by atoms with E-state index in [2.05, 4.69) is 21.2 Å². The number of anilines is 1. The maximum Gasteiger partial charge on any atom is 0.291 e. The van der Waals surface area contributed by atoms with Crippen LogP contribution in [0.25, 0.3) is 0 Å². The first-order valence-electron chi connectivity index (χ1n) is 4.90. The van der Waals surface area contributed by atoms with Crippen LogP contribution >= 0.6 is 27.5 Å². The first-order valence-corrected chi connectivity index (χ1v) is 6.23. The van der Waals surface area contributed by atoms with Crippen molar-refractivity contribution in [2.24, 2.45) is 0 Å². The van der Waals surface area contributed by atoms with E-state index >= 15 is 0 Å². The lowest BCUT2D eigenvalue weighted by Gasteiger charge is -2.04. The van der Waals surface area contributed by atoms with Crippen LogP contribution in [0.1, 0.15) is 16.1 Å². The molecule has 88 valence electrons. The molecule has 1 N–H and O–H groups in total. The van der Waals surface area contributed by atoms with E-state index in [1.807, 2.05) is 18.2 Å². The number of rotatable bonds is 3. The molecule has 17 heavy (non-hydrogen) atoms. The van der Waals surface area contributed by atoms with Gasteiger partial charge in [0.2, 0.25) is 0 Å². The van der Waals surface area contributed by atoms with Gasteiger partial charge in [-0.25, -0.2) is 0 Å². The molecule has 3 nitrogen and oxygen atoms in total. The highest BCUT2D eigenvalue weighted by atomic mass is 79.9. The van der Waals surface area contributed by atoms with Gasteiger partial charge >= 0.3 is 0 Å². The molecule has 5 heteroatoms. The molecule has 0 fully saturated rings. The average molecular weight is 315 g/mol. The van der Waals surface area contributed by atoms with Crippen LogP contribution in [0.3, 0.4) is 0 Å². The number of carbonyl (C=O) groups excluding carboxylic acids is 1. The molecule has 2 aromatic rings. The summed E-state index contributed by atoms with van der Waals surface area (Å²) in [6.07, 6.45) is 0. The summed E-state index contributed by atoms with van der Waals surface area (Å²) in [5.74, 6) is 0.381. The summed E-state index contributed by atoms with van der Waals surface area (Å²) in [7, 11) is 0. The van der Waals surface area contributed by atoms with Crippen molar-refractivity contribution in [3.8, 4) is 0 Å². The molecule has 0 atom stereocenters. The van der Waals surface area contributed by atoms with Gasteiger partial charge in [0.1, 0.15) is 0 Å². The minimum atomic E-state index is -0.289. The Morgan fingerprint density at radius 3 is 2.82 bits per heavy atom. The van der Waals surface area contributed by atoms with Crippen LogP contribution in [-0.4, -0.2) is 5.91 Å². The molecule has 0 aliphatic carbocycles. The van der Waals surface area contributed by atoms with Gasteiger partial charge in [-0.05, 0) is 45.8 Å². The summed E-state index contributed by atoms with van der Waals surface area (Å²) in [4.78, 5) is 11.8. The second-order valence-electron chi connectivity index (χ2n) is 3.39. The number of halogens is 2. The fraction of sp³-hybridized carbons (Fsp3) is 0.0833. The molecule has 0 unspecified atom stereocenters. The second kappa shape index (κ2) is 5.38. The highest BCUT2D eigenvalue weighted by Gasteiger charge is 2.10. The maximum absolute atomic E-state index is 11.8. The van der Waals surface area contributed by atoms with Crippen molar-refractivity contribution in [2.75, 3.05) is 5.32 Å². The molecule has 1 aromatic carbocycles. The summed E-state index contributed by atoms with van der Waals surface area (Å²) in [6.45, 7) is 0. The smallest absolute Gasteiger partial charge is 0.291 e. The minimum absolute atomic E-state index is 0.258. The summed E-state index contributed by atoms with van der Waals surface area (Å²) in [5.41, 5.74) is 1.64. The number of hydrogen-bond acceptors (Lipinski definition) is 2. The predicted molar refractivity (Wildman–Crippen MR) is 70.4 cm³/mol. The lowest BCUT2D eigenvalue weighted by molar-refractivity contribution is 0.0995. The molecule has 1 amide bonds. The van der Waals surface area contributed by atoms with Gasteiger partial charge < -0.3 is 9.73 Å². The van der Waals surface area contributed by atoms with E-state index in [4.69, 9.17) is 16.0 Å². The Morgan fingerprint density at radius 1 is 1.35 bits per heavy atom. The predicted octanol–water partition coefficient (Wildman–Crippen LogP) is 4.03. The van der Waals surface area contributed by atoms with E-state index in [-0.39, 0.29) is 11.7 Å². The minimum Gasteiger partial charge on any atom is -0.444 e. The average Bonchev–Trinajstić information content (AvgIpc) is 2.76. The van der Waals surface area contributed by atoms with Crippen LogP contribution in [0.4, 0.5) is 5.69 Å². The van der Waals surface area contributed by atoms with Crippen molar-refractivity contribution in [1.29, 1.82) is 0 Å². The van der Waals surface area contributed by atoms with Crippen LogP contribution in [-0.2, 0) is 5.88 Å². The molecule has 2 rings (SSSR count). The normalized spacial score (nSPS) is 10.2. The van der Waals surface area contributed by atoms with Gasteiger partial charge in [0.15, 0.2) is 10.4 Å². The Morgan fingerprint density at radius 2 is 2.18 bits per heavy atom. The molecule has 1 aromatic heterocycles. The van der Waals surface area contributed by atoms with Gasteiger partial charge in [0.25, 0.3) is 5.91 Å². The van der Waals surface area contributed by atoms with E-state index in [0.717, 1.165) is 5.56 Å². The molecule has 1 heterocycles. The number of hydrogen-bond donors (Lipinski definition) is 1. The monoisotopic (exact) mass is 313 g/mol. The number of furan rings is 1. The molecule has 0 bridgehead atoms. The summed E-state index contributed by atoms with van der Waals surface area (Å²) >= 11 is 8.86. The maximum atomic E-state index is 11.8. The highest BCUT2D eigenvalue weighted by Crippen LogP contribution is 2.17. The van der Waals surface area contributed by atoms with Crippen molar-refractivity contribution < 1.29 is 9.21 Å². The van der Waals surface area contributed by atoms with E-state index in [0.29, 0.717) is 16.2 Å². The Labute approximate surface area is 112 Å². The van der Waals surface area contributed by atoms with Crippen LogP contribution in [0, 0.1) is 0 Å². The first kappa shape index (κ1) is 12.2. The third kappa shape index (κ3) is 3.11. The van der Waals surface area contributed by atoms with Crippen LogP contribution in [0.15, 0.2) is 45.5 Å². The zero-order valence-electron chi connectivity index (χ0n) is 8.74. The summed E-state index contributed by atoms with van der Waals surface area (Å²) in [6, 6.07) is 10.6. The van der Waals surface area contributed by atoms with E-state index in [9.17, 15) is 4.79 Å². The fourth-order valence-electron chi connectivity index (χ4n) is 1.36. The summed E-state index contributed by atoms with van der Waals surface area (Å²) < 4.78 is 5.68. The first-order chi connectivity index (χ1) is 8.19. The zero-order chi connectivity index (χ0) is 12.3. The molecule has 0 radical (unpaired) electrons. The van der Waals surface area contributed by atoms with Gasteiger partial charge in [-0.15, -0.1) is 11.6 Å². The molecule has 0 saturated heterocycles. The number of benzene rings is 1. The van der Waals surface area contributed by atoms with E-state index in [1.54, 1.807) is 18.2 Å². The second-order valence-corrected chi connectivity index (χ2v) is 4.44. The van der Waals surface area contributed by atoms with Gasteiger partial charge in [-0.3, -0.25) is 4.79 Å². The number of nitrogens with one attached hydrogen (secondary N) is 1. The van der Waals surface area contributed by atoms with Gasteiger partial charge in [0, 0.05) is 11.6 Å². The van der Waals surface area contributed by atoms with Gasteiger partial charge in [-0.2, -0.15) is 0 Å². The largest absolute Gasteiger partial charge is 0.444 e. The Balaban J connectivity index is 2.12. The number of alkyl halides is 1. The lowest BCUT2D eigenvalue weighted by Crippen LogP contribution is -2.10. The number of carbonyl (C=O) groups is 1. The third-order valence-electron chi connectivity index (χ3n) is 2.14. The van der Waals surface area contributed by atoms with E-state index in [1.165, 1.54) is 0 Å². The van der Waals surface area contributed by atoms with Crippen LogP contribution < -0.4 is 5.32 Å². The highest BCUT2D eigenvalue weighted by molar-refractivity contribution is 9.10. The van der Waals surface area contributed by atoms with Crippen molar-refractivity contribution in [1.82, 2.24) is 0 Å². The third-order valence-corrected chi connectivity index (χ3v) is 2.87. The van der Waals surface area contributed by atoms with Gasteiger partial charge in [-0.1, -0.05) is 12.1 Å². The quantitative estimate of drug-likeness (QED) is 0.869. The number of amides is 1. The van der Waals surface area contributed by atoms with Crippen LogP contribution in [0.5, 0.6) is 0 Å².